The predicted octanol–water partition coefficient (Wildman–Crippen LogP) is 2.43. The largest absolute Gasteiger partial charge is 0.480 e. The smallest absolute Gasteiger partial charge is 0.329 e. The Hall–Kier alpha value is -1.52. The van der Waals surface area contributed by atoms with Crippen LogP contribution in [0, 0.1) is 0 Å². The van der Waals surface area contributed by atoms with E-state index in [9.17, 15) is 9.59 Å². The Balaban J connectivity index is 2.34. The molecule has 0 saturated heterocycles. The van der Waals surface area contributed by atoms with E-state index in [1.165, 1.54) is 18.9 Å². The van der Waals surface area contributed by atoms with E-state index in [0.29, 0.717) is 19.4 Å². The summed E-state index contributed by atoms with van der Waals surface area (Å²) < 4.78 is 0. The maximum absolute atomic E-state index is 11.7. The second-order valence-electron chi connectivity index (χ2n) is 5.27. The highest BCUT2D eigenvalue weighted by atomic mass is 16.4. The first kappa shape index (κ1) is 15.5. The highest BCUT2D eigenvalue weighted by Crippen LogP contribution is 2.19. The molecule has 0 radical (unpaired) electrons. The zero-order valence-electron chi connectivity index (χ0n) is 11.8. The molecule has 108 valence electrons. The molecule has 1 unspecified atom stereocenters. The molecule has 0 heterocycles. The number of carbonyl (C=O) groups excluding carboxylic acids is 1. The molecule has 1 aliphatic rings. The average Bonchev–Trinajstić information content (AvgIpc) is 2.82. The summed E-state index contributed by atoms with van der Waals surface area (Å²) in [5, 5.41) is 14.4. The van der Waals surface area contributed by atoms with Crippen LogP contribution in [0.2, 0.25) is 0 Å². The fourth-order valence-corrected chi connectivity index (χ4v) is 2.32. The van der Waals surface area contributed by atoms with E-state index in [2.05, 4.69) is 16.7 Å². The van der Waals surface area contributed by atoms with Gasteiger partial charge in [-0.3, -0.25) is 0 Å². The number of hydrogen-bond donors (Lipinski definition) is 3. The van der Waals surface area contributed by atoms with E-state index >= 15 is 0 Å². The number of rotatable bonds is 7. The maximum Gasteiger partial charge on any atom is 0.329 e. The van der Waals surface area contributed by atoms with Crippen LogP contribution < -0.4 is 10.6 Å². The van der Waals surface area contributed by atoms with E-state index in [1.54, 1.807) is 0 Å². The standard InChI is InChI=1S/C14H24N2O3/c1-3-9-14(2,12(17)18)16-13(19)15-10-8-11-6-4-5-7-11/h6H,3-5,7-10H2,1-2H3,(H,17,18)(H2,15,16,19). The Labute approximate surface area is 114 Å². The SMILES string of the molecule is CCCC(C)(NC(=O)NCCC1=CCCC1)C(=O)O. The van der Waals surface area contributed by atoms with Gasteiger partial charge in [-0.2, -0.15) is 0 Å². The van der Waals surface area contributed by atoms with Crippen molar-refractivity contribution in [2.75, 3.05) is 6.54 Å². The van der Waals surface area contributed by atoms with Gasteiger partial charge >= 0.3 is 12.0 Å². The van der Waals surface area contributed by atoms with Crippen LogP contribution in [0.25, 0.3) is 0 Å². The monoisotopic (exact) mass is 268 g/mol. The molecule has 2 amide bonds. The van der Waals surface area contributed by atoms with Gasteiger partial charge in [0, 0.05) is 6.54 Å². The molecular formula is C14H24N2O3. The number of hydrogen-bond acceptors (Lipinski definition) is 2. The number of aliphatic carboxylic acids is 1. The summed E-state index contributed by atoms with van der Waals surface area (Å²) in [6.07, 6.45) is 7.65. The zero-order valence-corrected chi connectivity index (χ0v) is 11.8. The lowest BCUT2D eigenvalue weighted by atomic mass is 9.97. The molecule has 1 aliphatic carbocycles. The van der Waals surface area contributed by atoms with Gasteiger partial charge in [0.25, 0.3) is 0 Å². The third kappa shape index (κ3) is 4.93. The van der Waals surface area contributed by atoms with Gasteiger partial charge < -0.3 is 15.7 Å². The lowest BCUT2D eigenvalue weighted by Gasteiger charge is -2.25. The molecule has 19 heavy (non-hydrogen) atoms. The minimum Gasteiger partial charge on any atom is -0.480 e. The van der Waals surface area contributed by atoms with Crippen LogP contribution in [0.5, 0.6) is 0 Å². The van der Waals surface area contributed by atoms with E-state index < -0.39 is 17.5 Å². The maximum atomic E-state index is 11.7. The fourth-order valence-electron chi connectivity index (χ4n) is 2.32. The van der Waals surface area contributed by atoms with Crippen LogP contribution in [0.4, 0.5) is 4.79 Å². The Morgan fingerprint density at radius 2 is 2.21 bits per heavy atom. The molecule has 0 aromatic heterocycles. The summed E-state index contributed by atoms with van der Waals surface area (Å²) in [7, 11) is 0. The Kier molecular flexibility index (Phi) is 5.86. The first-order valence-electron chi connectivity index (χ1n) is 6.95. The second-order valence-corrected chi connectivity index (χ2v) is 5.27. The van der Waals surface area contributed by atoms with Gasteiger partial charge in [-0.1, -0.05) is 25.0 Å². The quantitative estimate of drug-likeness (QED) is 0.620. The average molecular weight is 268 g/mol. The van der Waals surface area contributed by atoms with Crippen molar-refractivity contribution in [1.82, 2.24) is 10.6 Å². The molecular weight excluding hydrogens is 244 g/mol. The van der Waals surface area contributed by atoms with Gasteiger partial charge in [0.1, 0.15) is 5.54 Å². The summed E-state index contributed by atoms with van der Waals surface area (Å²) in [4.78, 5) is 22.9. The molecule has 0 spiro atoms. The fraction of sp³-hybridized carbons (Fsp3) is 0.714. The number of allylic oxidation sites excluding steroid dienone is 1. The number of amides is 2. The molecule has 3 N–H and O–H groups in total. The van der Waals surface area contributed by atoms with E-state index in [4.69, 9.17) is 5.11 Å². The first-order chi connectivity index (χ1) is 8.98. The lowest BCUT2D eigenvalue weighted by molar-refractivity contribution is -0.144. The van der Waals surface area contributed by atoms with Crippen molar-refractivity contribution in [3.8, 4) is 0 Å². The van der Waals surface area contributed by atoms with Crippen molar-refractivity contribution in [3.63, 3.8) is 0 Å². The Morgan fingerprint density at radius 3 is 2.74 bits per heavy atom. The molecule has 5 heteroatoms. The van der Waals surface area contributed by atoms with Crippen molar-refractivity contribution in [3.05, 3.63) is 11.6 Å². The van der Waals surface area contributed by atoms with Crippen molar-refractivity contribution in [1.29, 1.82) is 0 Å². The van der Waals surface area contributed by atoms with Crippen LogP contribution >= 0.6 is 0 Å². The second kappa shape index (κ2) is 7.16. The lowest BCUT2D eigenvalue weighted by Crippen LogP contribution is -2.55. The third-order valence-corrected chi connectivity index (χ3v) is 3.48. The van der Waals surface area contributed by atoms with Gasteiger partial charge in [0.2, 0.25) is 0 Å². The number of carbonyl (C=O) groups is 2. The number of nitrogens with one attached hydrogen (secondary N) is 2. The first-order valence-corrected chi connectivity index (χ1v) is 6.95. The highest BCUT2D eigenvalue weighted by molar-refractivity contribution is 5.85. The molecule has 1 atom stereocenters. The van der Waals surface area contributed by atoms with Crippen LogP contribution in [-0.4, -0.2) is 29.2 Å². The van der Waals surface area contributed by atoms with Crippen LogP contribution in [0.1, 0.15) is 52.4 Å². The van der Waals surface area contributed by atoms with Gasteiger partial charge in [-0.05, 0) is 39.0 Å². The van der Waals surface area contributed by atoms with Crippen LogP contribution in [0.15, 0.2) is 11.6 Å². The highest BCUT2D eigenvalue weighted by Gasteiger charge is 2.33. The Bertz CT molecular complexity index is 366. The Morgan fingerprint density at radius 1 is 1.47 bits per heavy atom. The van der Waals surface area contributed by atoms with Gasteiger partial charge in [0.15, 0.2) is 0 Å². The number of carboxylic acids is 1. The van der Waals surface area contributed by atoms with Crippen molar-refractivity contribution in [2.24, 2.45) is 0 Å². The molecule has 1 rings (SSSR count). The summed E-state index contributed by atoms with van der Waals surface area (Å²) in [5.74, 6) is -0.997. The van der Waals surface area contributed by atoms with Gasteiger partial charge in [0.05, 0.1) is 0 Å². The minimum atomic E-state index is -1.19. The predicted molar refractivity (Wildman–Crippen MR) is 74.0 cm³/mol. The van der Waals surface area contributed by atoms with Crippen molar-refractivity contribution >= 4 is 12.0 Å². The minimum absolute atomic E-state index is 0.406. The summed E-state index contributed by atoms with van der Waals surface area (Å²) >= 11 is 0. The summed E-state index contributed by atoms with van der Waals surface area (Å²) in [6, 6.07) is -0.406. The molecule has 0 saturated carbocycles. The molecule has 5 nitrogen and oxygen atoms in total. The topological polar surface area (TPSA) is 78.4 Å². The van der Waals surface area contributed by atoms with E-state index in [1.807, 2.05) is 6.92 Å². The molecule has 0 aromatic carbocycles. The van der Waals surface area contributed by atoms with E-state index in [0.717, 1.165) is 19.3 Å². The molecule has 0 bridgehead atoms. The van der Waals surface area contributed by atoms with Crippen LogP contribution in [0.3, 0.4) is 0 Å². The number of urea groups is 1. The summed E-state index contributed by atoms with van der Waals surface area (Å²) in [5.41, 5.74) is 0.195. The molecule has 0 aliphatic heterocycles. The van der Waals surface area contributed by atoms with Crippen LogP contribution in [-0.2, 0) is 4.79 Å². The molecule has 0 aromatic rings. The van der Waals surface area contributed by atoms with Crippen molar-refractivity contribution < 1.29 is 14.7 Å². The summed E-state index contributed by atoms with van der Waals surface area (Å²) in [6.45, 7) is 3.99. The zero-order chi connectivity index (χ0) is 14.3. The normalized spacial score (nSPS) is 17.5. The molecule has 0 fully saturated rings. The van der Waals surface area contributed by atoms with Crippen molar-refractivity contribution in [2.45, 2.75) is 57.9 Å². The van der Waals surface area contributed by atoms with Gasteiger partial charge in [-0.25, -0.2) is 9.59 Å². The number of carboxylic acid groups (broad SMARTS) is 1. The third-order valence-electron chi connectivity index (χ3n) is 3.48. The van der Waals surface area contributed by atoms with Gasteiger partial charge in [-0.15, -0.1) is 0 Å². The van der Waals surface area contributed by atoms with E-state index in [-0.39, 0.29) is 0 Å².